The minimum absolute atomic E-state index is 0.106. The normalized spacial score (nSPS) is 10.4. The van der Waals surface area contributed by atoms with Crippen LogP contribution in [0.3, 0.4) is 0 Å². The molecule has 0 unspecified atom stereocenters. The van der Waals surface area contributed by atoms with E-state index in [1.54, 1.807) is 24.3 Å². The molecule has 0 aliphatic heterocycles. The van der Waals surface area contributed by atoms with Gasteiger partial charge in [0.15, 0.2) is 6.61 Å². The minimum atomic E-state index is -0.514. The second-order valence-corrected chi connectivity index (χ2v) is 5.77. The van der Waals surface area contributed by atoms with E-state index in [4.69, 9.17) is 9.26 Å². The number of carbonyl (C=O) groups excluding carboxylic acids is 2. The van der Waals surface area contributed by atoms with Gasteiger partial charge < -0.3 is 14.6 Å². The van der Waals surface area contributed by atoms with Gasteiger partial charge >= 0.3 is 5.97 Å². The summed E-state index contributed by atoms with van der Waals surface area (Å²) in [5.41, 5.74) is 0.971. The predicted molar refractivity (Wildman–Crippen MR) is 87.5 cm³/mol. The van der Waals surface area contributed by atoms with Crippen molar-refractivity contribution in [1.29, 1.82) is 0 Å². The topological polar surface area (TPSA) is 94.3 Å². The zero-order valence-corrected chi connectivity index (χ0v) is 13.5. The Kier molecular flexibility index (Phi) is 4.66. The molecule has 1 aromatic carbocycles. The summed E-state index contributed by atoms with van der Waals surface area (Å²) >= 11 is 1.49. The summed E-state index contributed by atoms with van der Waals surface area (Å²) in [5, 5.41) is 8.38. The van der Waals surface area contributed by atoms with Gasteiger partial charge in [0.2, 0.25) is 11.7 Å². The van der Waals surface area contributed by atoms with E-state index in [2.05, 4.69) is 15.5 Å². The summed E-state index contributed by atoms with van der Waals surface area (Å²) in [4.78, 5) is 28.0. The molecule has 1 N–H and O–H groups in total. The van der Waals surface area contributed by atoms with Crippen LogP contribution >= 0.6 is 11.3 Å². The van der Waals surface area contributed by atoms with Crippen LogP contribution in [0.2, 0.25) is 0 Å². The van der Waals surface area contributed by atoms with Gasteiger partial charge in [-0.05, 0) is 35.7 Å². The molecule has 0 fully saturated rings. The molecule has 0 aliphatic rings. The van der Waals surface area contributed by atoms with Gasteiger partial charge in [0.25, 0.3) is 5.89 Å². The van der Waals surface area contributed by atoms with Crippen LogP contribution in [0.15, 0.2) is 46.3 Å². The molecule has 2 heterocycles. The third-order valence-corrected chi connectivity index (χ3v) is 3.84. The molecule has 0 spiro atoms. The third-order valence-electron chi connectivity index (χ3n) is 2.98. The molecule has 3 aromatic rings. The number of aromatic nitrogens is 2. The van der Waals surface area contributed by atoms with Crippen molar-refractivity contribution in [3.63, 3.8) is 0 Å². The van der Waals surface area contributed by atoms with Crippen LogP contribution in [0.5, 0.6) is 0 Å². The fourth-order valence-corrected chi connectivity index (χ4v) is 2.57. The number of benzene rings is 1. The second kappa shape index (κ2) is 7.05. The highest BCUT2D eigenvalue weighted by Crippen LogP contribution is 2.21. The maximum absolute atomic E-state index is 12.0. The van der Waals surface area contributed by atoms with Crippen LogP contribution in [0.25, 0.3) is 10.7 Å². The van der Waals surface area contributed by atoms with Crippen LogP contribution in [0.4, 0.5) is 5.69 Å². The van der Waals surface area contributed by atoms with Crippen LogP contribution in [0, 0.1) is 0 Å². The lowest BCUT2D eigenvalue weighted by Gasteiger charge is -2.04. The maximum atomic E-state index is 12.0. The molecule has 122 valence electrons. The molecule has 0 saturated heterocycles. The Morgan fingerprint density at radius 3 is 2.71 bits per heavy atom. The van der Waals surface area contributed by atoms with E-state index in [-0.39, 0.29) is 18.4 Å². The molecule has 0 bridgehead atoms. The summed E-state index contributed by atoms with van der Waals surface area (Å²) in [6, 6.07) is 10.2. The highest BCUT2D eigenvalue weighted by molar-refractivity contribution is 7.13. The summed E-state index contributed by atoms with van der Waals surface area (Å²) in [5.74, 6) is 0.000777. The quantitative estimate of drug-likeness (QED) is 0.715. The lowest BCUT2D eigenvalue weighted by molar-refractivity contribution is -0.114. The summed E-state index contributed by atoms with van der Waals surface area (Å²) in [6.07, 6.45) is 0. The van der Waals surface area contributed by atoms with Gasteiger partial charge in [-0.25, -0.2) is 4.79 Å². The molecule has 0 aliphatic carbocycles. The number of ether oxygens (including phenoxy) is 1. The van der Waals surface area contributed by atoms with Crippen LogP contribution in [0.1, 0.15) is 23.2 Å². The van der Waals surface area contributed by atoms with Crippen molar-refractivity contribution in [2.45, 2.75) is 13.5 Å². The molecule has 24 heavy (non-hydrogen) atoms. The molecule has 7 nitrogen and oxygen atoms in total. The van der Waals surface area contributed by atoms with Gasteiger partial charge in [-0.15, -0.1) is 11.3 Å². The van der Waals surface area contributed by atoms with Crippen molar-refractivity contribution in [1.82, 2.24) is 10.1 Å². The molecular formula is C16H13N3O4S. The van der Waals surface area contributed by atoms with E-state index in [0.29, 0.717) is 17.1 Å². The molecule has 0 atom stereocenters. The van der Waals surface area contributed by atoms with Gasteiger partial charge in [0, 0.05) is 12.6 Å². The lowest BCUT2D eigenvalue weighted by Crippen LogP contribution is -2.07. The number of hydrogen-bond acceptors (Lipinski definition) is 7. The van der Waals surface area contributed by atoms with Crippen LogP contribution < -0.4 is 5.32 Å². The summed E-state index contributed by atoms with van der Waals surface area (Å²) in [7, 11) is 0. The van der Waals surface area contributed by atoms with E-state index in [9.17, 15) is 9.59 Å². The van der Waals surface area contributed by atoms with Crippen LogP contribution in [-0.4, -0.2) is 22.0 Å². The number of carbonyl (C=O) groups is 2. The highest BCUT2D eigenvalue weighted by Gasteiger charge is 2.13. The van der Waals surface area contributed by atoms with E-state index in [0.717, 1.165) is 4.88 Å². The average molecular weight is 343 g/mol. The van der Waals surface area contributed by atoms with E-state index in [1.807, 2.05) is 17.5 Å². The smallest absolute Gasteiger partial charge is 0.338 e. The SMILES string of the molecule is CC(=O)Nc1ccc(C(=O)OCc2nc(-c3cccs3)no2)cc1. The van der Waals surface area contributed by atoms with E-state index in [1.165, 1.54) is 18.3 Å². The zero-order valence-electron chi connectivity index (χ0n) is 12.7. The molecule has 1 amide bonds. The molecular weight excluding hydrogens is 330 g/mol. The number of nitrogens with one attached hydrogen (secondary N) is 1. The van der Waals surface area contributed by atoms with Gasteiger partial charge in [-0.2, -0.15) is 4.98 Å². The maximum Gasteiger partial charge on any atom is 0.338 e. The Morgan fingerprint density at radius 1 is 1.25 bits per heavy atom. The van der Waals surface area contributed by atoms with Gasteiger partial charge in [0.05, 0.1) is 10.4 Å². The average Bonchev–Trinajstić information content (AvgIpc) is 3.24. The van der Waals surface area contributed by atoms with E-state index >= 15 is 0 Å². The third kappa shape index (κ3) is 3.85. The molecule has 2 aromatic heterocycles. The minimum Gasteiger partial charge on any atom is -0.452 e. The summed E-state index contributed by atoms with van der Waals surface area (Å²) < 4.78 is 10.2. The first-order valence-electron chi connectivity index (χ1n) is 7.03. The Labute approximate surface area is 141 Å². The first-order valence-corrected chi connectivity index (χ1v) is 7.91. The number of nitrogens with zero attached hydrogens (tertiary/aromatic N) is 2. The van der Waals surface area contributed by atoms with Gasteiger partial charge in [-0.1, -0.05) is 11.2 Å². The number of hydrogen-bond donors (Lipinski definition) is 1. The molecule has 0 radical (unpaired) electrons. The van der Waals surface area contributed by atoms with Gasteiger partial charge in [-0.3, -0.25) is 4.79 Å². The van der Waals surface area contributed by atoms with Crippen LogP contribution in [-0.2, 0) is 16.1 Å². The van der Waals surface area contributed by atoms with Crippen molar-refractivity contribution >= 4 is 28.9 Å². The monoisotopic (exact) mass is 343 g/mol. The van der Waals surface area contributed by atoms with Crippen molar-refractivity contribution in [3.8, 4) is 10.7 Å². The first kappa shape index (κ1) is 15.9. The number of amides is 1. The number of esters is 1. The zero-order chi connectivity index (χ0) is 16.9. The molecule has 8 heteroatoms. The fraction of sp³-hybridized carbons (Fsp3) is 0.125. The first-order chi connectivity index (χ1) is 11.6. The Bertz CT molecular complexity index is 841. The Hall–Kier alpha value is -3.00. The largest absolute Gasteiger partial charge is 0.452 e. The van der Waals surface area contributed by atoms with Crippen molar-refractivity contribution in [2.24, 2.45) is 0 Å². The van der Waals surface area contributed by atoms with Crippen molar-refractivity contribution < 1.29 is 18.8 Å². The predicted octanol–water partition coefficient (Wildman–Crippen LogP) is 3.11. The number of rotatable bonds is 5. The number of anilines is 1. The Balaban J connectivity index is 1.58. The fourth-order valence-electron chi connectivity index (χ4n) is 1.92. The van der Waals surface area contributed by atoms with E-state index < -0.39 is 5.97 Å². The molecule has 3 rings (SSSR count). The molecule has 0 saturated carbocycles. The number of thiophene rings is 1. The van der Waals surface area contributed by atoms with Crippen molar-refractivity contribution in [3.05, 3.63) is 53.2 Å². The summed E-state index contributed by atoms with van der Waals surface area (Å²) in [6.45, 7) is 1.31. The lowest BCUT2D eigenvalue weighted by atomic mass is 10.2. The highest BCUT2D eigenvalue weighted by atomic mass is 32.1. The standard InChI is InChI=1S/C16H13N3O4S/c1-10(20)17-12-6-4-11(5-7-12)16(21)22-9-14-18-15(19-23-14)13-3-2-8-24-13/h2-8H,9H2,1H3,(H,17,20). The van der Waals surface area contributed by atoms with Crippen molar-refractivity contribution in [2.75, 3.05) is 5.32 Å². The second-order valence-electron chi connectivity index (χ2n) is 4.82. The Morgan fingerprint density at radius 2 is 2.04 bits per heavy atom. The van der Waals surface area contributed by atoms with Gasteiger partial charge in [0.1, 0.15) is 0 Å².